The van der Waals surface area contributed by atoms with E-state index in [2.05, 4.69) is 52.9 Å². The second-order valence-corrected chi connectivity index (χ2v) is 15.8. The molecule has 0 bridgehead atoms. The summed E-state index contributed by atoms with van der Waals surface area (Å²) in [4.78, 5) is 11.9. The number of hydrogen-bond acceptors (Lipinski definition) is 4. The standard InChI is InChI=1S/C26H50O4Si/c1-8-10-11-12-13-16-23(30-31(6,7)25(3,4)5)18-17-22-15-14-19-26(28,20-22)21-24(27)29-9-2/h17-18,22-23,28H,8-16,19-21H2,1-7H3. The van der Waals surface area contributed by atoms with Gasteiger partial charge in [-0.05, 0) is 63.1 Å². The average molecular weight is 455 g/mol. The fourth-order valence-electron chi connectivity index (χ4n) is 4.17. The van der Waals surface area contributed by atoms with E-state index in [1.54, 1.807) is 6.92 Å². The molecule has 0 saturated heterocycles. The van der Waals surface area contributed by atoms with Crippen LogP contribution >= 0.6 is 0 Å². The van der Waals surface area contributed by atoms with Crippen LogP contribution in [0.5, 0.6) is 0 Å². The van der Waals surface area contributed by atoms with E-state index >= 15 is 0 Å². The van der Waals surface area contributed by atoms with E-state index in [0.29, 0.717) is 25.4 Å². The lowest BCUT2D eigenvalue weighted by atomic mass is 9.76. The van der Waals surface area contributed by atoms with Crippen LogP contribution in [0.3, 0.4) is 0 Å². The summed E-state index contributed by atoms with van der Waals surface area (Å²) in [5.74, 6) is -0.000343. The third-order valence-corrected chi connectivity index (χ3v) is 11.6. The number of hydrogen-bond donors (Lipinski definition) is 1. The van der Waals surface area contributed by atoms with E-state index in [0.717, 1.165) is 19.3 Å². The Kier molecular flexibility index (Phi) is 12.0. The lowest BCUT2D eigenvalue weighted by Gasteiger charge is -2.39. The maximum absolute atomic E-state index is 11.9. The normalized spacial score (nSPS) is 23.8. The number of esters is 1. The minimum atomic E-state index is -1.85. The molecule has 1 fully saturated rings. The van der Waals surface area contributed by atoms with Gasteiger partial charge in [0.05, 0.1) is 24.7 Å². The molecule has 0 aliphatic heterocycles. The summed E-state index contributed by atoms with van der Waals surface area (Å²) in [7, 11) is -1.85. The number of aliphatic hydroxyl groups is 1. The highest BCUT2D eigenvalue weighted by molar-refractivity contribution is 6.74. The SMILES string of the molecule is CCCCCCCC(C=CC1CCCC(O)(CC(=O)OCC)C1)O[Si](C)(C)C(C)(C)C. The maximum atomic E-state index is 11.9. The average Bonchev–Trinajstić information content (AvgIpc) is 2.64. The summed E-state index contributed by atoms with van der Waals surface area (Å²) in [5.41, 5.74) is -0.935. The van der Waals surface area contributed by atoms with Gasteiger partial charge >= 0.3 is 5.97 Å². The van der Waals surface area contributed by atoms with Crippen molar-refractivity contribution in [2.75, 3.05) is 6.61 Å². The molecular weight excluding hydrogens is 404 g/mol. The van der Waals surface area contributed by atoms with Gasteiger partial charge in [-0.3, -0.25) is 4.79 Å². The second kappa shape index (κ2) is 13.2. The molecule has 1 saturated carbocycles. The van der Waals surface area contributed by atoms with Gasteiger partial charge in [0.25, 0.3) is 0 Å². The van der Waals surface area contributed by atoms with Crippen LogP contribution in [-0.2, 0) is 14.0 Å². The van der Waals surface area contributed by atoms with E-state index in [-0.39, 0.29) is 23.5 Å². The fourth-order valence-corrected chi connectivity index (χ4v) is 5.48. The zero-order chi connectivity index (χ0) is 23.5. The Balaban J connectivity index is 2.77. The first kappa shape index (κ1) is 28.4. The van der Waals surface area contributed by atoms with Crippen LogP contribution < -0.4 is 0 Å². The van der Waals surface area contributed by atoms with Crippen molar-refractivity contribution in [3.8, 4) is 0 Å². The van der Waals surface area contributed by atoms with Crippen LogP contribution in [-0.4, -0.2) is 37.7 Å². The van der Waals surface area contributed by atoms with E-state index in [4.69, 9.17) is 9.16 Å². The molecule has 3 unspecified atom stereocenters. The minimum absolute atomic E-state index is 0.104. The predicted molar refractivity (Wildman–Crippen MR) is 133 cm³/mol. The molecule has 0 aromatic heterocycles. The van der Waals surface area contributed by atoms with E-state index in [1.165, 1.54) is 32.1 Å². The minimum Gasteiger partial charge on any atom is -0.466 e. The number of allylic oxidation sites excluding steroid dienone is 1. The van der Waals surface area contributed by atoms with Gasteiger partial charge in [-0.15, -0.1) is 0 Å². The molecule has 0 spiro atoms. The van der Waals surface area contributed by atoms with E-state index in [1.807, 2.05) is 0 Å². The molecule has 0 amide bonds. The molecule has 3 atom stereocenters. The monoisotopic (exact) mass is 454 g/mol. The lowest BCUT2D eigenvalue weighted by Crippen LogP contribution is -2.43. The highest BCUT2D eigenvalue weighted by Crippen LogP contribution is 2.39. The van der Waals surface area contributed by atoms with Gasteiger partial charge in [0.1, 0.15) is 0 Å². The van der Waals surface area contributed by atoms with Gasteiger partial charge in [0.15, 0.2) is 8.32 Å². The second-order valence-electron chi connectivity index (χ2n) is 11.1. The lowest BCUT2D eigenvalue weighted by molar-refractivity contribution is -0.150. The third-order valence-electron chi connectivity index (χ3n) is 7.08. The molecule has 1 rings (SSSR count). The highest BCUT2D eigenvalue weighted by atomic mass is 28.4. The Labute approximate surface area is 193 Å². The van der Waals surface area contributed by atoms with Gasteiger partial charge < -0.3 is 14.3 Å². The summed E-state index contributed by atoms with van der Waals surface area (Å²) in [6.07, 6.45) is 15.5. The summed E-state index contributed by atoms with van der Waals surface area (Å²) >= 11 is 0. The zero-order valence-corrected chi connectivity index (χ0v) is 22.5. The molecule has 0 heterocycles. The van der Waals surface area contributed by atoms with Crippen molar-refractivity contribution in [1.29, 1.82) is 0 Å². The van der Waals surface area contributed by atoms with Crippen molar-refractivity contribution in [2.24, 2.45) is 5.92 Å². The Bertz CT molecular complexity index is 552. The Morgan fingerprint density at radius 2 is 1.87 bits per heavy atom. The van der Waals surface area contributed by atoms with Gasteiger partial charge in [-0.25, -0.2) is 0 Å². The fraction of sp³-hybridized carbons (Fsp3) is 0.885. The van der Waals surface area contributed by atoms with Gasteiger partial charge in [-0.1, -0.05) is 72.0 Å². The number of unbranched alkanes of at least 4 members (excludes halogenated alkanes) is 4. The quantitative estimate of drug-likeness (QED) is 0.139. The molecule has 4 nitrogen and oxygen atoms in total. The van der Waals surface area contributed by atoms with Gasteiger partial charge in [-0.2, -0.15) is 0 Å². The number of carbonyl (C=O) groups is 1. The first-order chi connectivity index (χ1) is 14.4. The molecular formula is C26H50O4Si. The molecule has 182 valence electrons. The van der Waals surface area contributed by atoms with Crippen molar-refractivity contribution >= 4 is 14.3 Å². The Hall–Kier alpha value is -0.653. The van der Waals surface area contributed by atoms with Crippen molar-refractivity contribution in [1.82, 2.24) is 0 Å². The summed E-state index contributed by atoms with van der Waals surface area (Å²) in [6, 6.07) is 0. The molecule has 1 N–H and O–H groups in total. The van der Waals surface area contributed by atoms with E-state index < -0.39 is 13.9 Å². The van der Waals surface area contributed by atoms with Gasteiger partial charge in [0, 0.05) is 0 Å². The van der Waals surface area contributed by atoms with E-state index in [9.17, 15) is 9.90 Å². The van der Waals surface area contributed by atoms with Crippen LogP contribution in [0.4, 0.5) is 0 Å². The predicted octanol–water partition coefficient (Wildman–Crippen LogP) is 7.17. The van der Waals surface area contributed by atoms with Crippen molar-refractivity contribution in [3.05, 3.63) is 12.2 Å². The first-order valence-corrected chi connectivity index (χ1v) is 15.6. The molecule has 0 aromatic rings. The van der Waals surface area contributed by atoms with Crippen molar-refractivity contribution < 1.29 is 19.1 Å². The Morgan fingerprint density at radius 3 is 2.48 bits per heavy atom. The van der Waals surface area contributed by atoms with Gasteiger partial charge in [0.2, 0.25) is 0 Å². The number of carbonyl (C=O) groups excluding carboxylic acids is 1. The van der Waals surface area contributed by atoms with Crippen LogP contribution in [0.25, 0.3) is 0 Å². The molecule has 0 aromatic carbocycles. The number of ether oxygens (including phenoxy) is 1. The molecule has 31 heavy (non-hydrogen) atoms. The summed E-state index contributed by atoms with van der Waals surface area (Å²) < 4.78 is 11.8. The molecule has 0 radical (unpaired) electrons. The van der Waals surface area contributed by atoms with Crippen molar-refractivity contribution in [2.45, 2.75) is 135 Å². The molecule has 1 aliphatic rings. The van der Waals surface area contributed by atoms with Crippen molar-refractivity contribution in [3.63, 3.8) is 0 Å². The van der Waals surface area contributed by atoms with Crippen LogP contribution in [0.1, 0.15) is 105 Å². The van der Waals surface area contributed by atoms with Crippen LogP contribution in [0.15, 0.2) is 12.2 Å². The van der Waals surface area contributed by atoms with Crippen LogP contribution in [0.2, 0.25) is 18.1 Å². The zero-order valence-electron chi connectivity index (χ0n) is 21.5. The number of rotatable bonds is 13. The van der Waals surface area contributed by atoms with Crippen LogP contribution in [0, 0.1) is 5.92 Å². The first-order valence-electron chi connectivity index (χ1n) is 12.7. The topological polar surface area (TPSA) is 55.8 Å². The third kappa shape index (κ3) is 10.7. The largest absolute Gasteiger partial charge is 0.466 e. The summed E-state index contributed by atoms with van der Waals surface area (Å²) in [5, 5.41) is 11.1. The maximum Gasteiger partial charge on any atom is 0.308 e. The molecule has 5 heteroatoms. The summed E-state index contributed by atoms with van der Waals surface area (Å²) in [6.45, 7) is 15.9. The Morgan fingerprint density at radius 1 is 1.19 bits per heavy atom. The molecule has 1 aliphatic carbocycles. The smallest absolute Gasteiger partial charge is 0.308 e. The highest BCUT2D eigenvalue weighted by Gasteiger charge is 2.39.